The molecule has 0 aromatic heterocycles. The monoisotopic (exact) mass is 418 g/mol. The van der Waals surface area contributed by atoms with Crippen molar-refractivity contribution < 1.29 is 14.4 Å². The summed E-state index contributed by atoms with van der Waals surface area (Å²) in [7, 11) is 0. The first-order chi connectivity index (χ1) is 14.3. The first-order valence-corrected chi connectivity index (χ1v) is 9.81. The van der Waals surface area contributed by atoms with Gasteiger partial charge in [-0.2, -0.15) is 0 Å². The Morgan fingerprint density at radius 1 is 0.833 bits per heavy atom. The summed E-state index contributed by atoms with van der Waals surface area (Å²) in [4.78, 5) is 39.9. The lowest BCUT2D eigenvalue weighted by Crippen LogP contribution is -2.30. The van der Waals surface area contributed by atoms with Crippen molar-refractivity contribution >= 4 is 40.7 Å². The number of amides is 3. The minimum absolute atomic E-state index is 0.219. The van der Waals surface area contributed by atoms with Gasteiger partial charge in [0.1, 0.15) is 0 Å². The molecule has 0 radical (unpaired) electrons. The van der Waals surface area contributed by atoms with Crippen molar-refractivity contribution in [1.82, 2.24) is 0 Å². The predicted molar refractivity (Wildman–Crippen MR) is 118 cm³/mol. The van der Waals surface area contributed by atoms with Gasteiger partial charge in [-0.1, -0.05) is 29.8 Å². The van der Waals surface area contributed by atoms with Gasteiger partial charge in [-0.15, -0.1) is 0 Å². The highest BCUT2D eigenvalue weighted by atomic mass is 35.5. The molecule has 4 rings (SSSR count). The highest BCUT2D eigenvalue weighted by Gasteiger charge is 2.37. The molecular formula is C24H19ClN2O3. The number of nitrogens with zero attached hydrogens (tertiary/aromatic N) is 1. The summed E-state index contributed by atoms with van der Waals surface area (Å²) in [6.07, 6.45) is 0. The fourth-order valence-electron chi connectivity index (χ4n) is 3.48. The molecule has 150 valence electrons. The van der Waals surface area contributed by atoms with Crippen LogP contribution in [0.2, 0.25) is 5.02 Å². The number of benzene rings is 3. The van der Waals surface area contributed by atoms with Gasteiger partial charge in [-0.3, -0.25) is 14.4 Å². The first kappa shape index (κ1) is 19.9. The molecule has 0 aliphatic carbocycles. The molecule has 0 fully saturated rings. The Morgan fingerprint density at radius 2 is 1.53 bits per heavy atom. The van der Waals surface area contributed by atoms with E-state index in [1.54, 1.807) is 18.2 Å². The zero-order chi connectivity index (χ0) is 21.6. The minimum Gasteiger partial charge on any atom is -0.322 e. The molecule has 0 unspecified atom stereocenters. The second kappa shape index (κ2) is 7.43. The average molecular weight is 419 g/mol. The number of hydrogen-bond donors (Lipinski definition) is 1. The van der Waals surface area contributed by atoms with E-state index in [-0.39, 0.29) is 28.5 Å². The Hall–Kier alpha value is -3.44. The highest BCUT2D eigenvalue weighted by molar-refractivity contribution is 6.35. The number of halogens is 1. The third kappa shape index (κ3) is 3.37. The Morgan fingerprint density at radius 3 is 2.30 bits per heavy atom. The van der Waals surface area contributed by atoms with Crippen molar-refractivity contribution in [2.24, 2.45) is 0 Å². The van der Waals surface area contributed by atoms with E-state index >= 15 is 0 Å². The summed E-state index contributed by atoms with van der Waals surface area (Å²) in [6.45, 7) is 5.62. The number of carbonyl (C=O) groups is 3. The van der Waals surface area contributed by atoms with Crippen molar-refractivity contribution in [2.45, 2.75) is 20.8 Å². The van der Waals surface area contributed by atoms with Crippen molar-refractivity contribution in [2.75, 3.05) is 10.2 Å². The number of anilines is 2. The molecular weight excluding hydrogens is 400 g/mol. The molecule has 0 spiro atoms. The number of imide groups is 1. The maximum absolute atomic E-state index is 13.1. The molecule has 0 saturated carbocycles. The Balaban J connectivity index is 1.67. The molecule has 1 aliphatic heterocycles. The van der Waals surface area contributed by atoms with Crippen LogP contribution >= 0.6 is 11.6 Å². The van der Waals surface area contributed by atoms with E-state index in [4.69, 9.17) is 11.6 Å². The molecule has 0 bridgehead atoms. The minimum atomic E-state index is -0.433. The predicted octanol–water partition coefficient (Wildman–Crippen LogP) is 5.32. The number of hydrogen-bond acceptors (Lipinski definition) is 3. The van der Waals surface area contributed by atoms with E-state index in [0.29, 0.717) is 16.4 Å². The molecule has 30 heavy (non-hydrogen) atoms. The largest absolute Gasteiger partial charge is 0.322 e. The summed E-state index contributed by atoms with van der Waals surface area (Å²) >= 11 is 6.02. The summed E-state index contributed by atoms with van der Waals surface area (Å²) < 4.78 is 0. The average Bonchev–Trinajstić information content (AvgIpc) is 2.96. The lowest BCUT2D eigenvalue weighted by Gasteiger charge is -2.17. The van der Waals surface area contributed by atoms with E-state index in [1.165, 1.54) is 17.0 Å². The number of rotatable bonds is 3. The molecule has 0 atom stereocenters. The van der Waals surface area contributed by atoms with Crippen molar-refractivity contribution in [3.63, 3.8) is 0 Å². The van der Waals surface area contributed by atoms with Crippen molar-refractivity contribution in [1.29, 1.82) is 0 Å². The molecule has 6 heteroatoms. The lowest BCUT2D eigenvalue weighted by atomic mass is 10.0. The second-order valence-corrected chi connectivity index (χ2v) is 7.85. The summed E-state index contributed by atoms with van der Waals surface area (Å²) in [5.41, 5.74) is 4.58. The van der Waals surface area contributed by atoms with Gasteiger partial charge in [0.05, 0.1) is 16.8 Å². The Bertz CT molecular complexity index is 1230. The van der Waals surface area contributed by atoms with Gasteiger partial charge in [0.25, 0.3) is 17.7 Å². The fourth-order valence-corrected chi connectivity index (χ4v) is 3.66. The second-order valence-electron chi connectivity index (χ2n) is 7.41. The number of carbonyl (C=O) groups excluding carboxylic acids is 3. The van der Waals surface area contributed by atoms with Crippen LogP contribution in [-0.4, -0.2) is 17.7 Å². The van der Waals surface area contributed by atoms with Gasteiger partial charge in [0.2, 0.25) is 0 Å². The molecule has 1 N–H and O–H groups in total. The van der Waals surface area contributed by atoms with E-state index in [0.717, 1.165) is 16.7 Å². The number of nitrogens with one attached hydrogen (secondary N) is 1. The maximum atomic E-state index is 13.1. The third-order valence-corrected chi connectivity index (χ3v) is 5.44. The summed E-state index contributed by atoms with van der Waals surface area (Å²) in [5.74, 6) is -1.20. The van der Waals surface area contributed by atoms with Crippen LogP contribution in [0.5, 0.6) is 0 Å². The highest BCUT2D eigenvalue weighted by Crippen LogP contribution is 2.32. The Labute approximate surface area is 179 Å². The van der Waals surface area contributed by atoms with Gasteiger partial charge in [-0.25, -0.2) is 4.90 Å². The smallest absolute Gasteiger partial charge is 0.266 e. The maximum Gasteiger partial charge on any atom is 0.266 e. The van der Waals surface area contributed by atoms with Crippen LogP contribution in [0.4, 0.5) is 11.4 Å². The molecule has 1 heterocycles. The molecule has 5 nitrogen and oxygen atoms in total. The van der Waals surface area contributed by atoms with Crippen LogP contribution in [0.3, 0.4) is 0 Å². The standard InChI is InChI=1S/C24H19ClN2O3/c1-13-4-5-15(3)21(10-13)27-23(29)18-9-7-16(11-19(18)24(27)30)22(28)26-20-12-17(25)8-6-14(20)2/h4-12H,1-3H3,(H,26,28). The van der Waals surface area contributed by atoms with Crippen LogP contribution in [-0.2, 0) is 0 Å². The third-order valence-electron chi connectivity index (χ3n) is 5.20. The van der Waals surface area contributed by atoms with Crippen molar-refractivity contribution in [3.8, 4) is 0 Å². The molecule has 0 saturated heterocycles. The molecule has 3 aromatic rings. The van der Waals surface area contributed by atoms with E-state index in [9.17, 15) is 14.4 Å². The van der Waals surface area contributed by atoms with E-state index in [2.05, 4.69) is 5.32 Å². The molecule has 3 aromatic carbocycles. The SMILES string of the molecule is Cc1ccc(C)c(N2C(=O)c3ccc(C(=O)Nc4cc(Cl)ccc4C)cc3C2=O)c1. The van der Waals surface area contributed by atoms with Crippen LogP contribution in [0, 0.1) is 20.8 Å². The zero-order valence-electron chi connectivity index (χ0n) is 16.7. The van der Waals surface area contributed by atoms with Gasteiger partial charge < -0.3 is 5.32 Å². The lowest BCUT2D eigenvalue weighted by molar-refractivity contribution is 0.0925. The molecule has 3 amide bonds. The molecule has 1 aliphatic rings. The topological polar surface area (TPSA) is 66.5 Å². The van der Waals surface area contributed by atoms with E-state index < -0.39 is 5.91 Å². The first-order valence-electron chi connectivity index (χ1n) is 9.44. The number of aryl methyl sites for hydroxylation is 3. The van der Waals surface area contributed by atoms with Crippen LogP contribution in [0.1, 0.15) is 47.8 Å². The normalized spacial score (nSPS) is 12.9. The van der Waals surface area contributed by atoms with Crippen LogP contribution < -0.4 is 10.2 Å². The van der Waals surface area contributed by atoms with Gasteiger partial charge >= 0.3 is 0 Å². The van der Waals surface area contributed by atoms with Gasteiger partial charge in [-0.05, 0) is 73.9 Å². The van der Waals surface area contributed by atoms with Crippen LogP contribution in [0.15, 0.2) is 54.6 Å². The zero-order valence-corrected chi connectivity index (χ0v) is 17.5. The van der Waals surface area contributed by atoms with Crippen molar-refractivity contribution in [3.05, 3.63) is 93.0 Å². The van der Waals surface area contributed by atoms with Crippen LogP contribution in [0.25, 0.3) is 0 Å². The quantitative estimate of drug-likeness (QED) is 0.585. The fraction of sp³-hybridized carbons (Fsp3) is 0.125. The Kier molecular flexibility index (Phi) is 4.92. The van der Waals surface area contributed by atoms with Gasteiger partial charge in [0, 0.05) is 16.3 Å². The summed E-state index contributed by atoms with van der Waals surface area (Å²) in [6, 6.07) is 15.4. The van der Waals surface area contributed by atoms with Gasteiger partial charge in [0.15, 0.2) is 0 Å². The number of fused-ring (bicyclic) bond motifs is 1. The van der Waals surface area contributed by atoms with E-state index in [1.807, 2.05) is 45.0 Å². The summed E-state index contributed by atoms with van der Waals surface area (Å²) in [5, 5.41) is 3.32.